The van der Waals surface area contributed by atoms with Gasteiger partial charge >= 0.3 is 0 Å². The standard InChI is InChI=1S/C25H19N3O4/c1-30-21-12-11-16(13-22(21)31-2)15-26-28-24(23-14-17-7-3-6-10-20(17)32-23)27-19-9-5-4-8-18(19)25(28)29/h3-15H,1-2H3. The molecule has 0 N–H and O–H groups in total. The van der Waals surface area contributed by atoms with Crippen LogP contribution in [0.5, 0.6) is 11.5 Å². The zero-order valence-corrected chi connectivity index (χ0v) is 17.5. The SMILES string of the molecule is COc1ccc(C=Nn2c(-c3cc4ccccc4o3)nc3ccccc3c2=O)cc1OC. The summed E-state index contributed by atoms with van der Waals surface area (Å²) < 4.78 is 17.9. The number of nitrogens with zero attached hydrogens (tertiary/aromatic N) is 3. The molecule has 0 fully saturated rings. The molecule has 0 atom stereocenters. The molecule has 3 aromatic carbocycles. The van der Waals surface area contributed by atoms with Crippen molar-refractivity contribution in [3.8, 4) is 23.1 Å². The van der Waals surface area contributed by atoms with Crippen LogP contribution in [0.3, 0.4) is 0 Å². The Hall–Kier alpha value is -4.39. The molecule has 0 aliphatic carbocycles. The van der Waals surface area contributed by atoms with E-state index in [1.807, 2.05) is 42.5 Å². The molecule has 0 aliphatic heterocycles. The van der Waals surface area contributed by atoms with Crippen LogP contribution >= 0.6 is 0 Å². The first-order valence-corrected chi connectivity index (χ1v) is 9.95. The van der Waals surface area contributed by atoms with E-state index in [0.717, 1.165) is 10.9 Å². The summed E-state index contributed by atoms with van der Waals surface area (Å²) in [6.07, 6.45) is 1.58. The quantitative estimate of drug-likeness (QED) is 0.381. The third-order valence-electron chi connectivity index (χ3n) is 5.13. The van der Waals surface area contributed by atoms with E-state index in [1.54, 1.807) is 50.8 Å². The summed E-state index contributed by atoms with van der Waals surface area (Å²) in [6.45, 7) is 0. The maximum Gasteiger partial charge on any atom is 0.282 e. The lowest BCUT2D eigenvalue weighted by Gasteiger charge is -2.09. The first-order valence-electron chi connectivity index (χ1n) is 9.95. The topological polar surface area (TPSA) is 78.9 Å². The molecule has 0 saturated heterocycles. The summed E-state index contributed by atoms with van der Waals surface area (Å²) in [5, 5.41) is 5.85. The predicted octanol–water partition coefficient (Wildman–Crippen LogP) is 4.71. The van der Waals surface area contributed by atoms with Crippen LogP contribution in [0.25, 0.3) is 33.5 Å². The van der Waals surface area contributed by atoms with Crippen LogP contribution in [0, 0.1) is 0 Å². The molecule has 0 amide bonds. The minimum Gasteiger partial charge on any atom is -0.493 e. The van der Waals surface area contributed by atoms with Crippen molar-refractivity contribution in [2.45, 2.75) is 0 Å². The van der Waals surface area contributed by atoms with Crippen molar-refractivity contribution >= 4 is 28.1 Å². The van der Waals surface area contributed by atoms with Gasteiger partial charge < -0.3 is 13.9 Å². The number of rotatable bonds is 5. The minimum atomic E-state index is -0.289. The highest BCUT2D eigenvalue weighted by atomic mass is 16.5. The molecule has 0 aliphatic rings. The molecule has 2 aromatic heterocycles. The van der Waals surface area contributed by atoms with Crippen LogP contribution in [-0.4, -0.2) is 30.1 Å². The van der Waals surface area contributed by atoms with Crippen LogP contribution < -0.4 is 15.0 Å². The van der Waals surface area contributed by atoms with E-state index in [0.29, 0.717) is 39.6 Å². The molecular formula is C25H19N3O4. The maximum absolute atomic E-state index is 13.3. The monoisotopic (exact) mass is 425 g/mol. The van der Waals surface area contributed by atoms with Crippen molar-refractivity contribution in [1.82, 2.24) is 9.66 Å². The summed E-state index contributed by atoms with van der Waals surface area (Å²) in [6, 6.07) is 22.0. The second-order valence-electron chi connectivity index (χ2n) is 7.08. The lowest BCUT2D eigenvalue weighted by atomic mass is 10.2. The van der Waals surface area contributed by atoms with E-state index in [1.165, 1.54) is 4.68 Å². The lowest BCUT2D eigenvalue weighted by molar-refractivity contribution is 0.355. The number of hydrogen-bond donors (Lipinski definition) is 0. The first kappa shape index (κ1) is 19.6. The number of hydrogen-bond acceptors (Lipinski definition) is 6. The molecule has 5 rings (SSSR count). The third-order valence-corrected chi connectivity index (χ3v) is 5.13. The van der Waals surface area contributed by atoms with Crippen LogP contribution in [0.4, 0.5) is 0 Å². The van der Waals surface area contributed by atoms with Crippen molar-refractivity contribution in [2.75, 3.05) is 14.2 Å². The lowest BCUT2D eigenvalue weighted by Crippen LogP contribution is -2.20. The highest BCUT2D eigenvalue weighted by Gasteiger charge is 2.16. The predicted molar refractivity (Wildman–Crippen MR) is 124 cm³/mol. The number of methoxy groups -OCH3 is 2. The molecule has 5 aromatic rings. The number of furan rings is 1. The minimum absolute atomic E-state index is 0.289. The fourth-order valence-corrected chi connectivity index (χ4v) is 3.54. The smallest absolute Gasteiger partial charge is 0.282 e. The Morgan fingerprint density at radius 1 is 0.938 bits per heavy atom. The Balaban J connectivity index is 1.69. The van der Waals surface area contributed by atoms with E-state index in [2.05, 4.69) is 10.1 Å². The van der Waals surface area contributed by atoms with E-state index >= 15 is 0 Å². The summed E-state index contributed by atoms with van der Waals surface area (Å²) in [4.78, 5) is 18.0. The van der Waals surface area contributed by atoms with Gasteiger partial charge in [0.05, 0.1) is 31.3 Å². The molecule has 0 radical (unpaired) electrons. The Bertz CT molecular complexity index is 1500. The maximum atomic E-state index is 13.3. The first-order chi connectivity index (χ1) is 15.7. The van der Waals surface area contributed by atoms with Crippen molar-refractivity contribution in [3.05, 3.63) is 88.7 Å². The molecule has 0 bridgehead atoms. The fraction of sp³-hybridized carbons (Fsp3) is 0.0800. The number of benzene rings is 3. The van der Waals surface area contributed by atoms with Gasteiger partial charge in [-0.25, -0.2) is 4.98 Å². The molecule has 2 heterocycles. The van der Waals surface area contributed by atoms with Gasteiger partial charge in [0.15, 0.2) is 17.3 Å². The third kappa shape index (κ3) is 3.39. The van der Waals surface area contributed by atoms with Gasteiger partial charge in [0.25, 0.3) is 5.56 Å². The Morgan fingerprint density at radius 2 is 1.72 bits per heavy atom. The largest absolute Gasteiger partial charge is 0.493 e. The van der Waals surface area contributed by atoms with Gasteiger partial charge in [-0.05, 0) is 48.0 Å². The van der Waals surface area contributed by atoms with Crippen LogP contribution in [0.15, 0.2) is 87.1 Å². The van der Waals surface area contributed by atoms with E-state index < -0.39 is 0 Å². The van der Waals surface area contributed by atoms with Gasteiger partial charge in [0, 0.05) is 5.39 Å². The normalized spacial score (nSPS) is 11.4. The number of aromatic nitrogens is 2. The van der Waals surface area contributed by atoms with Gasteiger partial charge in [0.1, 0.15) is 5.58 Å². The van der Waals surface area contributed by atoms with E-state index in [4.69, 9.17) is 13.9 Å². The zero-order chi connectivity index (χ0) is 22.1. The van der Waals surface area contributed by atoms with Crippen molar-refractivity contribution in [1.29, 1.82) is 0 Å². The van der Waals surface area contributed by atoms with Crippen LogP contribution in [-0.2, 0) is 0 Å². The van der Waals surface area contributed by atoms with Gasteiger partial charge in [-0.15, -0.1) is 0 Å². The molecule has 0 saturated carbocycles. The second-order valence-corrected chi connectivity index (χ2v) is 7.08. The summed E-state index contributed by atoms with van der Waals surface area (Å²) in [5.41, 5.74) is 1.73. The second kappa shape index (κ2) is 8.03. The number of para-hydroxylation sites is 2. The van der Waals surface area contributed by atoms with Gasteiger partial charge in [0.2, 0.25) is 5.82 Å². The highest BCUT2D eigenvalue weighted by molar-refractivity contribution is 5.85. The number of fused-ring (bicyclic) bond motifs is 2. The summed E-state index contributed by atoms with van der Waals surface area (Å²) in [7, 11) is 3.14. The Morgan fingerprint density at radius 3 is 2.53 bits per heavy atom. The molecule has 32 heavy (non-hydrogen) atoms. The molecule has 158 valence electrons. The summed E-state index contributed by atoms with van der Waals surface area (Å²) in [5.74, 6) is 1.95. The van der Waals surface area contributed by atoms with Crippen molar-refractivity contribution in [3.63, 3.8) is 0 Å². The average Bonchev–Trinajstić information content (AvgIpc) is 3.27. The fourth-order valence-electron chi connectivity index (χ4n) is 3.54. The molecule has 0 spiro atoms. The Labute approximate surface area is 183 Å². The van der Waals surface area contributed by atoms with Crippen molar-refractivity contribution in [2.24, 2.45) is 5.10 Å². The zero-order valence-electron chi connectivity index (χ0n) is 17.5. The van der Waals surface area contributed by atoms with E-state index in [-0.39, 0.29) is 5.56 Å². The Kier molecular flexibility index (Phi) is 4.91. The van der Waals surface area contributed by atoms with Crippen LogP contribution in [0.2, 0.25) is 0 Å². The van der Waals surface area contributed by atoms with Crippen molar-refractivity contribution < 1.29 is 13.9 Å². The molecule has 7 nitrogen and oxygen atoms in total. The average molecular weight is 425 g/mol. The number of ether oxygens (including phenoxy) is 2. The van der Waals surface area contributed by atoms with Crippen LogP contribution in [0.1, 0.15) is 5.56 Å². The van der Waals surface area contributed by atoms with Gasteiger partial charge in [-0.2, -0.15) is 9.78 Å². The molecule has 0 unspecified atom stereocenters. The summed E-state index contributed by atoms with van der Waals surface area (Å²) >= 11 is 0. The molecular weight excluding hydrogens is 406 g/mol. The van der Waals surface area contributed by atoms with E-state index in [9.17, 15) is 4.79 Å². The van der Waals surface area contributed by atoms with Gasteiger partial charge in [-0.3, -0.25) is 4.79 Å². The van der Waals surface area contributed by atoms with Gasteiger partial charge in [-0.1, -0.05) is 30.3 Å². The molecule has 7 heteroatoms. The highest BCUT2D eigenvalue weighted by Crippen LogP contribution is 2.28.